The summed E-state index contributed by atoms with van der Waals surface area (Å²) in [4.78, 5) is 4.25. The lowest BCUT2D eigenvalue weighted by Crippen LogP contribution is -2.08. The highest BCUT2D eigenvalue weighted by Crippen LogP contribution is 2.17. The van der Waals surface area contributed by atoms with Crippen LogP contribution in [-0.4, -0.2) is 26.5 Å². The van der Waals surface area contributed by atoms with Crippen LogP contribution in [0.15, 0.2) is 16.9 Å². The van der Waals surface area contributed by atoms with Crippen LogP contribution in [0.4, 0.5) is 0 Å². The van der Waals surface area contributed by atoms with E-state index >= 15 is 0 Å². The highest BCUT2D eigenvalue weighted by molar-refractivity contribution is 5.51. The zero-order valence-electron chi connectivity index (χ0n) is 8.71. The molecule has 2 heterocycles. The number of rotatable bonds is 3. The van der Waals surface area contributed by atoms with E-state index in [0.717, 1.165) is 5.56 Å². The molecule has 1 atom stereocenters. The molecule has 2 aromatic heterocycles. The molecule has 2 aromatic rings. The maximum atomic E-state index is 5.51. The average Bonchev–Trinajstić information content (AvgIpc) is 2.84. The van der Waals surface area contributed by atoms with Gasteiger partial charge in [0.1, 0.15) is 0 Å². The van der Waals surface area contributed by atoms with Crippen molar-refractivity contribution in [1.82, 2.24) is 19.9 Å². The van der Waals surface area contributed by atoms with E-state index in [0.29, 0.717) is 18.3 Å². The summed E-state index contributed by atoms with van der Waals surface area (Å²) in [5.41, 5.74) is 6.36. The van der Waals surface area contributed by atoms with E-state index in [4.69, 9.17) is 10.3 Å². The zero-order chi connectivity index (χ0) is 10.8. The van der Waals surface area contributed by atoms with Gasteiger partial charge in [-0.3, -0.25) is 4.68 Å². The molecule has 0 amide bonds. The monoisotopic (exact) mass is 207 g/mol. The quantitative estimate of drug-likeness (QED) is 0.793. The molecule has 0 aliphatic rings. The summed E-state index contributed by atoms with van der Waals surface area (Å²) in [6.07, 6.45) is 3.53. The third kappa shape index (κ3) is 1.89. The van der Waals surface area contributed by atoms with Crippen LogP contribution in [0.5, 0.6) is 0 Å². The molecule has 15 heavy (non-hydrogen) atoms. The SMILES string of the molecule is CC(CN)c1nc(-c2cnn(C)c2)no1. The Labute approximate surface area is 87.1 Å². The summed E-state index contributed by atoms with van der Waals surface area (Å²) in [5, 5.41) is 7.91. The highest BCUT2D eigenvalue weighted by atomic mass is 16.5. The van der Waals surface area contributed by atoms with Gasteiger partial charge in [-0.1, -0.05) is 12.1 Å². The Morgan fingerprint density at radius 1 is 1.60 bits per heavy atom. The normalized spacial score (nSPS) is 13.0. The van der Waals surface area contributed by atoms with Gasteiger partial charge in [-0.05, 0) is 0 Å². The lowest BCUT2D eigenvalue weighted by Gasteiger charge is -1.98. The van der Waals surface area contributed by atoms with Crippen LogP contribution in [-0.2, 0) is 7.05 Å². The lowest BCUT2D eigenvalue weighted by molar-refractivity contribution is 0.361. The average molecular weight is 207 g/mol. The Kier molecular flexibility index (Phi) is 2.51. The van der Waals surface area contributed by atoms with Gasteiger partial charge in [0.15, 0.2) is 0 Å². The van der Waals surface area contributed by atoms with Gasteiger partial charge in [0.25, 0.3) is 0 Å². The van der Waals surface area contributed by atoms with Crippen molar-refractivity contribution >= 4 is 0 Å². The molecule has 0 saturated carbocycles. The van der Waals surface area contributed by atoms with Crippen LogP contribution in [0.3, 0.4) is 0 Å². The fraction of sp³-hybridized carbons (Fsp3) is 0.444. The number of nitrogens with zero attached hydrogens (tertiary/aromatic N) is 4. The fourth-order valence-corrected chi connectivity index (χ4v) is 1.19. The van der Waals surface area contributed by atoms with Crippen molar-refractivity contribution in [2.75, 3.05) is 6.54 Å². The molecule has 80 valence electrons. The van der Waals surface area contributed by atoms with E-state index in [1.807, 2.05) is 20.2 Å². The van der Waals surface area contributed by atoms with Crippen LogP contribution < -0.4 is 5.73 Å². The second-order valence-corrected chi connectivity index (χ2v) is 3.50. The van der Waals surface area contributed by atoms with Crippen molar-refractivity contribution in [2.24, 2.45) is 12.8 Å². The van der Waals surface area contributed by atoms with Crippen LogP contribution >= 0.6 is 0 Å². The molecule has 0 bridgehead atoms. The minimum absolute atomic E-state index is 0.0860. The number of hydrogen-bond donors (Lipinski definition) is 1. The van der Waals surface area contributed by atoms with Crippen molar-refractivity contribution in [3.05, 3.63) is 18.3 Å². The summed E-state index contributed by atoms with van der Waals surface area (Å²) in [6.45, 7) is 2.44. The highest BCUT2D eigenvalue weighted by Gasteiger charge is 2.14. The van der Waals surface area contributed by atoms with E-state index in [9.17, 15) is 0 Å². The van der Waals surface area contributed by atoms with Crippen LogP contribution in [0, 0.1) is 0 Å². The third-order valence-corrected chi connectivity index (χ3v) is 2.18. The molecular weight excluding hydrogens is 194 g/mol. The van der Waals surface area contributed by atoms with E-state index in [1.54, 1.807) is 10.9 Å². The first-order valence-corrected chi connectivity index (χ1v) is 4.73. The second-order valence-electron chi connectivity index (χ2n) is 3.50. The van der Waals surface area contributed by atoms with Crippen molar-refractivity contribution in [3.8, 4) is 11.4 Å². The summed E-state index contributed by atoms with van der Waals surface area (Å²) in [6, 6.07) is 0. The molecule has 0 saturated heterocycles. The molecule has 2 rings (SSSR count). The first-order chi connectivity index (χ1) is 7.20. The molecular formula is C9H13N5O. The molecule has 1 unspecified atom stereocenters. The molecule has 6 nitrogen and oxygen atoms in total. The predicted molar refractivity (Wildman–Crippen MR) is 54.0 cm³/mol. The molecule has 0 aromatic carbocycles. The topological polar surface area (TPSA) is 82.8 Å². The van der Waals surface area contributed by atoms with E-state index in [-0.39, 0.29) is 5.92 Å². The van der Waals surface area contributed by atoms with E-state index < -0.39 is 0 Å². The van der Waals surface area contributed by atoms with Crippen molar-refractivity contribution in [3.63, 3.8) is 0 Å². The summed E-state index contributed by atoms with van der Waals surface area (Å²) in [5.74, 6) is 1.21. The van der Waals surface area contributed by atoms with Crippen molar-refractivity contribution in [1.29, 1.82) is 0 Å². The van der Waals surface area contributed by atoms with Gasteiger partial charge in [-0.2, -0.15) is 10.1 Å². The Balaban J connectivity index is 2.27. The van der Waals surface area contributed by atoms with Gasteiger partial charge in [-0.25, -0.2) is 0 Å². The number of aryl methyl sites for hydroxylation is 1. The number of aromatic nitrogens is 4. The van der Waals surface area contributed by atoms with Gasteiger partial charge in [0.05, 0.1) is 11.8 Å². The molecule has 0 aliphatic carbocycles. The second kappa shape index (κ2) is 3.82. The van der Waals surface area contributed by atoms with Crippen molar-refractivity contribution < 1.29 is 4.52 Å². The lowest BCUT2D eigenvalue weighted by atomic mass is 10.2. The molecule has 0 fully saturated rings. The standard InChI is InChI=1S/C9H13N5O/c1-6(3-10)9-12-8(13-15-9)7-4-11-14(2)5-7/h4-6H,3,10H2,1-2H3. The Morgan fingerprint density at radius 2 is 2.40 bits per heavy atom. The van der Waals surface area contributed by atoms with E-state index in [1.165, 1.54) is 0 Å². The third-order valence-electron chi connectivity index (χ3n) is 2.18. The summed E-state index contributed by atoms with van der Waals surface area (Å²) >= 11 is 0. The van der Waals surface area contributed by atoms with E-state index in [2.05, 4.69) is 15.2 Å². The van der Waals surface area contributed by atoms with Gasteiger partial charge < -0.3 is 10.3 Å². The fourth-order valence-electron chi connectivity index (χ4n) is 1.19. The first kappa shape index (κ1) is 9.85. The Bertz CT molecular complexity index is 447. The van der Waals surface area contributed by atoms with Gasteiger partial charge in [0.2, 0.25) is 11.7 Å². The molecule has 6 heteroatoms. The minimum atomic E-state index is 0.0860. The Hall–Kier alpha value is -1.69. The van der Waals surface area contributed by atoms with Gasteiger partial charge >= 0.3 is 0 Å². The maximum Gasteiger partial charge on any atom is 0.231 e. The number of nitrogens with two attached hydrogens (primary N) is 1. The largest absolute Gasteiger partial charge is 0.339 e. The predicted octanol–water partition coefficient (Wildman–Crippen LogP) is 0.532. The van der Waals surface area contributed by atoms with Gasteiger partial charge in [-0.15, -0.1) is 0 Å². The zero-order valence-corrected chi connectivity index (χ0v) is 8.71. The summed E-state index contributed by atoms with van der Waals surface area (Å²) in [7, 11) is 1.84. The molecule has 0 spiro atoms. The first-order valence-electron chi connectivity index (χ1n) is 4.73. The molecule has 0 aliphatic heterocycles. The van der Waals surface area contributed by atoms with Crippen molar-refractivity contribution in [2.45, 2.75) is 12.8 Å². The smallest absolute Gasteiger partial charge is 0.231 e. The Morgan fingerprint density at radius 3 is 3.00 bits per heavy atom. The molecule has 2 N–H and O–H groups in total. The minimum Gasteiger partial charge on any atom is -0.339 e. The molecule has 0 radical (unpaired) electrons. The van der Waals surface area contributed by atoms with Crippen LogP contribution in [0.25, 0.3) is 11.4 Å². The van der Waals surface area contributed by atoms with Crippen LogP contribution in [0.2, 0.25) is 0 Å². The summed E-state index contributed by atoms with van der Waals surface area (Å²) < 4.78 is 6.80. The number of hydrogen-bond acceptors (Lipinski definition) is 5. The maximum absolute atomic E-state index is 5.51. The van der Waals surface area contributed by atoms with Crippen LogP contribution in [0.1, 0.15) is 18.7 Å². The van der Waals surface area contributed by atoms with Gasteiger partial charge in [0, 0.05) is 25.7 Å².